The summed E-state index contributed by atoms with van der Waals surface area (Å²) in [6.07, 6.45) is 2.19. The van der Waals surface area contributed by atoms with E-state index in [0.717, 1.165) is 38.4 Å². The molecule has 4 aromatic rings. The van der Waals surface area contributed by atoms with E-state index in [1.807, 2.05) is 41.8 Å². The third kappa shape index (κ3) is 3.68. The van der Waals surface area contributed by atoms with Gasteiger partial charge >= 0.3 is 0 Å². The van der Waals surface area contributed by atoms with Crippen LogP contribution in [0.1, 0.15) is 0 Å². The van der Waals surface area contributed by atoms with Gasteiger partial charge in [0.05, 0.1) is 5.52 Å². The van der Waals surface area contributed by atoms with Crippen LogP contribution in [0.4, 0.5) is 10.6 Å². The molecule has 1 amide bonds. The number of carbonyl (C=O) groups excluding carboxylic acids is 1. The summed E-state index contributed by atoms with van der Waals surface area (Å²) < 4.78 is 0. The molecule has 0 spiro atoms. The average Bonchev–Trinajstić information content (AvgIpc) is 3.33. The zero-order valence-corrected chi connectivity index (χ0v) is 17.9. The first kappa shape index (κ1) is 19.7. The van der Waals surface area contributed by atoms with Crippen molar-refractivity contribution in [1.29, 1.82) is 0 Å². The summed E-state index contributed by atoms with van der Waals surface area (Å²) in [5, 5.41) is 15.4. The number of halogens is 1. The number of thiazole rings is 1. The SMILES string of the molecule is O=C([O-])N1CCN(c2ncnc3cc(-c4ccccc4-c4nccs4)c(Cl)cc23)CC1. The maximum atomic E-state index is 11.1. The van der Waals surface area contributed by atoms with Crippen LogP contribution in [-0.4, -0.2) is 52.1 Å². The lowest BCUT2D eigenvalue weighted by Gasteiger charge is -2.37. The van der Waals surface area contributed by atoms with Crippen molar-refractivity contribution < 1.29 is 9.90 Å². The molecule has 0 unspecified atom stereocenters. The Hall–Kier alpha value is -3.23. The monoisotopic (exact) mass is 450 g/mol. The summed E-state index contributed by atoms with van der Waals surface area (Å²) in [7, 11) is 0. The van der Waals surface area contributed by atoms with Crippen LogP contribution in [0.5, 0.6) is 0 Å². The van der Waals surface area contributed by atoms with Gasteiger partial charge in [0.15, 0.2) is 0 Å². The smallest absolute Gasteiger partial charge is 0.140 e. The number of carbonyl (C=O) groups is 1. The minimum Gasteiger partial charge on any atom is -0.530 e. The van der Waals surface area contributed by atoms with E-state index in [9.17, 15) is 9.90 Å². The number of carboxylic acid groups (broad SMARTS) is 1. The molecule has 5 rings (SSSR count). The predicted octanol–water partition coefficient (Wildman–Crippen LogP) is 3.54. The summed E-state index contributed by atoms with van der Waals surface area (Å²) in [5.74, 6) is 0.754. The van der Waals surface area contributed by atoms with E-state index in [4.69, 9.17) is 11.6 Å². The molecule has 0 atom stereocenters. The predicted molar refractivity (Wildman–Crippen MR) is 120 cm³/mol. The van der Waals surface area contributed by atoms with E-state index in [-0.39, 0.29) is 0 Å². The third-order valence-electron chi connectivity index (χ3n) is 5.42. The Morgan fingerprint density at radius 1 is 1.00 bits per heavy atom. The van der Waals surface area contributed by atoms with Crippen molar-refractivity contribution in [1.82, 2.24) is 19.9 Å². The quantitative estimate of drug-likeness (QED) is 0.474. The van der Waals surface area contributed by atoms with Gasteiger partial charge in [-0.05, 0) is 17.7 Å². The fraction of sp³-hybridized carbons (Fsp3) is 0.182. The van der Waals surface area contributed by atoms with Crippen molar-refractivity contribution in [3.63, 3.8) is 0 Å². The molecule has 3 heterocycles. The van der Waals surface area contributed by atoms with Gasteiger partial charge in [-0.3, -0.25) is 0 Å². The van der Waals surface area contributed by atoms with Gasteiger partial charge in [0, 0.05) is 59.3 Å². The Bertz CT molecular complexity index is 1260. The highest BCUT2D eigenvalue weighted by molar-refractivity contribution is 7.13. The van der Waals surface area contributed by atoms with Gasteiger partial charge < -0.3 is 19.7 Å². The standard InChI is InChI=1S/C22H18ClN5O2S/c23-18-11-17-19(25-13-26-20(17)27-6-8-28(9-7-27)22(29)30)12-16(18)14-3-1-2-4-15(14)21-24-5-10-31-21/h1-5,10-13H,6-9H2,(H,29,30)/p-1. The minimum atomic E-state index is -1.14. The largest absolute Gasteiger partial charge is 0.530 e. The molecule has 0 saturated carbocycles. The van der Waals surface area contributed by atoms with Crippen LogP contribution in [0.15, 0.2) is 54.3 Å². The zero-order chi connectivity index (χ0) is 21.4. The number of piperazine rings is 1. The molecule has 1 aliphatic heterocycles. The topological polar surface area (TPSA) is 85.3 Å². The number of aromatic nitrogens is 3. The Morgan fingerprint density at radius 2 is 1.77 bits per heavy atom. The number of benzene rings is 2. The Kier molecular flexibility index (Phi) is 5.17. The van der Waals surface area contributed by atoms with Gasteiger partial charge in [-0.1, -0.05) is 35.9 Å². The molecule has 2 aromatic carbocycles. The summed E-state index contributed by atoms with van der Waals surface area (Å²) in [6.45, 7) is 1.82. The van der Waals surface area contributed by atoms with Crippen LogP contribution in [0.3, 0.4) is 0 Å². The fourth-order valence-corrected chi connectivity index (χ4v) is 4.83. The summed E-state index contributed by atoms with van der Waals surface area (Å²) in [6, 6.07) is 11.9. The van der Waals surface area contributed by atoms with Crippen LogP contribution in [0, 0.1) is 0 Å². The van der Waals surface area contributed by atoms with Crippen LogP contribution < -0.4 is 10.0 Å². The number of amides is 1. The van der Waals surface area contributed by atoms with Crippen molar-refractivity contribution >= 4 is 45.8 Å². The Labute approximate surface area is 187 Å². The van der Waals surface area contributed by atoms with Gasteiger partial charge in [0.1, 0.15) is 23.2 Å². The van der Waals surface area contributed by atoms with Gasteiger partial charge in [-0.25, -0.2) is 15.0 Å². The number of nitrogens with zero attached hydrogens (tertiary/aromatic N) is 5. The second kappa shape index (κ2) is 8.13. The van der Waals surface area contributed by atoms with Crippen LogP contribution in [-0.2, 0) is 0 Å². The summed E-state index contributed by atoms with van der Waals surface area (Å²) >= 11 is 8.34. The number of hydrogen-bond donors (Lipinski definition) is 0. The van der Waals surface area contributed by atoms with E-state index in [0.29, 0.717) is 31.2 Å². The van der Waals surface area contributed by atoms with Crippen molar-refractivity contribution in [3.05, 3.63) is 59.3 Å². The van der Waals surface area contributed by atoms with Gasteiger partial charge in [-0.15, -0.1) is 11.3 Å². The molecule has 1 saturated heterocycles. The second-order valence-electron chi connectivity index (χ2n) is 7.17. The first-order valence-corrected chi connectivity index (χ1v) is 11.0. The Balaban J connectivity index is 1.56. The lowest BCUT2D eigenvalue weighted by atomic mass is 9.98. The maximum Gasteiger partial charge on any atom is 0.140 e. The van der Waals surface area contributed by atoms with Crippen molar-refractivity contribution in [2.24, 2.45) is 0 Å². The van der Waals surface area contributed by atoms with Gasteiger partial charge in [0.25, 0.3) is 0 Å². The fourth-order valence-electron chi connectivity index (χ4n) is 3.88. The normalized spacial score (nSPS) is 14.2. The molecule has 7 nitrogen and oxygen atoms in total. The molecule has 31 heavy (non-hydrogen) atoms. The highest BCUT2D eigenvalue weighted by Gasteiger charge is 2.21. The average molecular weight is 451 g/mol. The molecular weight excluding hydrogens is 434 g/mol. The number of hydrogen-bond acceptors (Lipinski definition) is 7. The third-order valence-corrected chi connectivity index (χ3v) is 6.54. The minimum absolute atomic E-state index is 0.376. The van der Waals surface area contributed by atoms with E-state index in [1.165, 1.54) is 11.2 Å². The van der Waals surface area contributed by atoms with Crippen molar-refractivity contribution in [3.8, 4) is 21.7 Å². The molecule has 156 valence electrons. The molecule has 2 aromatic heterocycles. The molecule has 9 heteroatoms. The lowest BCUT2D eigenvalue weighted by molar-refractivity contribution is -0.265. The van der Waals surface area contributed by atoms with Gasteiger partial charge in [-0.2, -0.15) is 0 Å². The second-order valence-corrected chi connectivity index (χ2v) is 8.47. The highest BCUT2D eigenvalue weighted by Crippen LogP contribution is 2.39. The molecule has 0 N–H and O–H groups in total. The van der Waals surface area contributed by atoms with E-state index in [2.05, 4.69) is 19.9 Å². The molecule has 1 aliphatic rings. The first-order valence-electron chi connectivity index (χ1n) is 9.76. The summed E-state index contributed by atoms with van der Waals surface area (Å²) in [4.78, 5) is 27.8. The molecule has 0 bridgehead atoms. The molecular formula is C22H17ClN5O2S-. The van der Waals surface area contributed by atoms with E-state index >= 15 is 0 Å². The van der Waals surface area contributed by atoms with Crippen LogP contribution >= 0.6 is 22.9 Å². The van der Waals surface area contributed by atoms with E-state index < -0.39 is 6.09 Å². The summed E-state index contributed by atoms with van der Waals surface area (Å²) in [5.41, 5.74) is 3.67. The number of anilines is 1. The van der Waals surface area contributed by atoms with E-state index in [1.54, 1.807) is 17.5 Å². The molecule has 0 radical (unpaired) electrons. The van der Waals surface area contributed by atoms with Crippen molar-refractivity contribution in [2.45, 2.75) is 0 Å². The van der Waals surface area contributed by atoms with Crippen molar-refractivity contribution in [2.75, 3.05) is 31.1 Å². The first-order chi connectivity index (χ1) is 15.1. The zero-order valence-electron chi connectivity index (χ0n) is 16.4. The number of rotatable bonds is 3. The molecule has 1 fully saturated rings. The Morgan fingerprint density at radius 3 is 2.48 bits per heavy atom. The van der Waals surface area contributed by atoms with Crippen LogP contribution in [0.25, 0.3) is 32.6 Å². The van der Waals surface area contributed by atoms with Crippen LogP contribution in [0.2, 0.25) is 5.02 Å². The maximum absolute atomic E-state index is 11.1. The highest BCUT2D eigenvalue weighted by atomic mass is 35.5. The lowest BCUT2D eigenvalue weighted by Crippen LogP contribution is -2.52. The molecule has 0 aliphatic carbocycles. The number of fused-ring (bicyclic) bond motifs is 1. The van der Waals surface area contributed by atoms with Gasteiger partial charge in [0.2, 0.25) is 0 Å².